The number of aromatic amines is 2. The third-order valence-corrected chi connectivity index (χ3v) is 1.84. The molecule has 0 fully saturated rings. The highest BCUT2D eigenvalue weighted by Gasteiger charge is 2.09. The fourth-order valence-corrected chi connectivity index (χ4v) is 1.27. The molecule has 0 spiro atoms. The predicted octanol–water partition coefficient (Wildman–Crippen LogP) is 0.0424. The van der Waals surface area contributed by atoms with Gasteiger partial charge in [-0.2, -0.15) is 4.98 Å². The molecule has 2 aromatic heterocycles. The van der Waals surface area contributed by atoms with E-state index >= 15 is 0 Å². The van der Waals surface area contributed by atoms with E-state index in [9.17, 15) is 4.79 Å². The van der Waals surface area contributed by atoms with E-state index < -0.39 is 0 Å². The lowest BCUT2D eigenvalue weighted by molar-refractivity contribution is 1.15. The zero-order chi connectivity index (χ0) is 8.84. The van der Waals surface area contributed by atoms with Crippen molar-refractivity contribution in [1.82, 2.24) is 19.9 Å². The Balaban J connectivity index is 2.61. The first-order valence-electron chi connectivity index (χ1n) is 3.76. The van der Waals surface area contributed by atoms with Gasteiger partial charge >= 0.3 is 0 Å². The van der Waals surface area contributed by atoms with Crippen molar-refractivity contribution < 1.29 is 0 Å². The summed E-state index contributed by atoms with van der Waals surface area (Å²) in [4.78, 5) is 24.9. The molecule has 6 nitrogen and oxygen atoms in total. The fourth-order valence-electron chi connectivity index (χ4n) is 1.27. The number of nitrogens with one attached hydrogen (secondary N) is 3. The number of hydrogen-bond acceptors (Lipinski definition) is 4. The molecular weight excluding hydrogens is 170 g/mol. The van der Waals surface area contributed by atoms with Crippen LogP contribution in [0.2, 0.25) is 0 Å². The highest BCUT2D eigenvalue weighted by atomic mass is 16.1. The molecule has 64 valence electrons. The van der Waals surface area contributed by atoms with Crippen molar-refractivity contribution in [2.75, 3.05) is 5.32 Å². The van der Waals surface area contributed by atoms with Gasteiger partial charge in [-0.25, -0.2) is 4.98 Å². The Hall–Kier alpha value is -2.11. The van der Waals surface area contributed by atoms with Crippen molar-refractivity contribution in [3.63, 3.8) is 0 Å². The molecule has 13 heavy (non-hydrogen) atoms. The molecule has 3 bridgehead atoms. The predicted molar refractivity (Wildman–Crippen MR) is 47.2 cm³/mol. The second-order valence-corrected chi connectivity index (χ2v) is 2.71. The maximum atomic E-state index is 11.4. The van der Waals surface area contributed by atoms with E-state index in [0.29, 0.717) is 22.9 Å². The molecule has 0 aliphatic carbocycles. The van der Waals surface area contributed by atoms with Gasteiger partial charge in [-0.3, -0.25) is 9.78 Å². The largest absolute Gasteiger partial charge is 0.332 e. The molecule has 1 aliphatic heterocycles. The molecule has 3 heterocycles. The number of H-pyrrole nitrogens is 2. The number of fused-ring (bicyclic) bond motifs is 2. The summed E-state index contributed by atoms with van der Waals surface area (Å²) in [6.07, 6.45) is 3.40. The van der Waals surface area contributed by atoms with Gasteiger partial charge in [0.05, 0.1) is 0 Å². The molecule has 0 amide bonds. The molecule has 1 aliphatic rings. The third kappa shape index (κ3) is 0.792. The molecule has 2 aromatic rings. The quantitative estimate of drug-likeness (QED) is 0.527. The molecule has 0 saturated carbocycles. The maximum absolute atomic E-state index is 11.4. The van der Waals surface area contributed by atoms with Gasteiger partial charge in [-0.05, 0) is 6.08 Å². The number of imidazole rings is 1. The second kappa shape index (κ2) is 1.98. The van der Waals surface area contributed by atoms with Crippen LogP contribution in [0.5, 0.6) is 0 Å². The van der Waals surface area contributed by atoms with Crippen molar-refractivity contribution >= 4 is 23.2 Å². The van der Waals surface area contributed by atoms with Crippen LogP contribution in [0.3, 0.4) is 0 Å². The van der Waals surface area contributed by atoms with Crippen molar-refractivity contribution in [2.45, 2.75) is 0 Å². The molecule has 0 unspecified atom stereocenters. The van der Waals surface area contributed by atoms with Gasteiger partial charge in [0.2, 0.25) is 5.95 Å². The average molecular weight is 175 g/mol. The first-order valence-corrected chi connectivity index (χ1v) is 3.76. The number of nitrogens with zero attached hydrogens (tertiary/aromatic N) is 2. The molecule has 0 aromatic carbocycles. The molecule has 0 atom stereocenters. The van der Waals surface area contributed by atoms with Gasteiger partial charge in [-0.1, -0.05) is 0 Å². The van der Waals surface area contributed by atoms with Crippen molar-refractivity contribution in [2.24, 2.45) is 0 Å². The van der Waals surface area contributed by atoms with Crippen LogP contribution in [0.25, 0.3) is 17.2 Å². The smallest absolute Gasteiger partial charge is 0.278 e. The summed E-state index contributed by atoms with van der Waals surface area (Å²) in [5.74, 6) is 1.03. The number of rotatable bonds is 0. The van der Waals surface area contributed by atoms with E-state index in [1.54, 1.807) is 12.3 Å². The lowest BCUT2D eigenvalue weighted by atomic mass is 10.5. The molecular formula is C7H5N5O. The van der Waals surface area contributed by atoms with Crippen LogP contribution < -0.4 is 10.9 Å². The van der Waals surface area contributed by atoms with E-state index in [4.69, 9.17) is 0 Å². The zero-order valence-electron chi connectivity index (χ0n) is 6.46. The molecule has 6 heteroatoms. The third-order valence-electron chi connectivity index (χ3n) is 1.84. The van der Waals surface area contributed by atoms with Crippen LogP contribution in [0.1, 0.15) is 5.82 Å². The van der Waals surface area contributed by atoms with Gasteiger partial charge in [0.1, 0.15) is 5.82 Å². The van der Waals surface area contributed by atoms with Crippen LogP contribution >= 0.6 is 0 Å². The summed E-state index contributed by atoms with van der Waals surface area (Å²) in [7, 11) is 0. The van der Waals surface area contributed by atoms with Gasteiger partial charge in [0, 0.05) is 6.20 Å². The summed E-state index contributed by atoms with van der Waals surface area (Å²) >= 11 is 0. The summed E-state index contributed by atoms with van der Waals surface area (Å²) in [5.41, 5.74) is 0.632. The van der Waals surface area contributed by atoms with Gasteiger partial charge in [0.15, 0.2) is 11.2 Å². The summed E-state index contributed by atoms with van der Waals surface area (Å²) in [6, 6.07) is 0. The van der Waals surface area contributed by atoms with Crippen molar-refractivity contribution in [3.05, 3.63) is 22.4 Å². The maximum Gasteiger partial charge on any atom is 0.278 e. The minimum Gasteiger partial charge on any atom is -0.332 e. The van der Waals surface area contributed by atoms with Gasteiger partial charge in [-0.15, -0.1) is 0 Å². The summed E-state index contributed by atoms with van der Waals surface area (Å²) < 4.78 is 0. The molecule has 3 N–H and O–H groups in total. The van der Waals surface area contributed by atoms with Gasteiger partial charge in [0.25, 0.3) is 5.56 Å². The number of hydrogen-bond donors (Lipinski definition) is 3. The highest BCUT2D eigenvalue weighted by molar-refractivity contribution is 5.74. The number of anilines is 1. The van der Waals surface area contributed by atoms with Crippen LogP contribution in [0.4, 0.5) is 5.95 Å². The van der Waals surface area contributed by atoms with Crippen molar-refractivity contribution in [1.29, 1.82) is 0 Å². The van der Waals surface area contributed by atoms with E-state index in [1.165, 1.54) is 0 Å². The summed E-state index contributed by atoms with van der Waals surface area (Å²) in [5, 5.41) is 2.82. The highest BCUT2D eigenvalue weighted by Crippen LogP contribution is 2.09. The van der Waals surface area contributed by atoms with E-state index in [1.807, 2.05) is 0 Å². The SMILES string of the molecule is O=c1[nH]c2nc3nc([nH]c13)C=CN2. The van der Waals surface area contributed by atoms with Crippen LogP contribution in [0.15, 0.2) is 11.0 Å². The first-order chi connectivity index (χ1) is 6.33. The van der Waals surface area contributed by atoms with Crippen molar-refractivity contribution in [3.8, 4) is 0 Å². The molecule has 3 rings (SSSR count). The Morgan fingerprint density at radius 2 is 2.15 bits per heavy atom. The van der Waals surface area contributed by atoms with Gasteiger partial charge < -0.3 is 10.3 Å². The minimum atomic E-state index is -0.213. The lowest BCUT2D eigenvalue weighted by Crippen LogP contribution is -2.10. The normalized spacial score (nSPS) is 13.2. The Morgan fingerprint density at radius 3 is 3.08 bits per heavy atom. The Kier molecular flexibility index (Phi) is 0.974. The lowest BCUT2D eigenvalue weighted by Gasteiger charge is -1.98. The van der Waals surface area contributed by atoms with Crippen LogP contribution in [-0.4, -0.2) is 19.9 Å². The Bertz CT molecular complexity index is 564. The van der Waals surface area contributed by atoms with E-state index in [-0.39, 0.29) is 5.56 Å². The van der Waals surface area contributed by atoms with Crippen LogP contribution in [-0.2, 0) is 0 Å². The molecule has 0 radical (unpaired) electrons. The number of aromatic nitrogens is 4. The average Bonchev–Trinajstić information content (AvgIpc) is 2.48. The van der Waals surface area contributed by atoms with Crippen LogP contribution in [0, 0.1) is 0 Å². The zero-order valence-corrected chi connectivity index (χ0v) is 6.46. The Morgan fingerprint density at radius 1 is 1.23 bits per heavy atom. The first kappa shape index (κ1) is 6.41. The Labute approximate surface area is 71.7 Å². The minimum absolute atomic E-state index is 0.213. The monoisotopic (exact) mass is 175 g/mol. The summed E-state index contributed by atoms with van der Waals surface area (Å²) in [6.45, 7) is 0. The molecule has 0 saturated heterocycles. The standard InChI is InChI=1S/C7H5N5O/c13-6-4-5-10-3(9-4)1-2-8-7(11-5)12-6/h1-2H,(H3,8,9,10,11,12,13). The topological polar surface area (TPSA) is 86.5 Å². The fraction of sp³-hybridized carbons (Fsp3) is 0. The van der Waals surface area contributed by atoms with E-state index in [2.05, 4.69) is 25.3 Å². The van der Waals surface area contributed by atoms with E-state index in [0.717, 1.165) is 0 Å². The second-order valence-electron chi connectivity index (χ2n) is 2.71.